The highest BCUT2D eigenvalue weighted by Gasteiger charge is 2.19. The van der Waals surface area contributed by atoms with Gasteiger partial charge in [0.15, 0.2) is 0 Å². The Kier molecular flexibility index (Phi) is 4.51. The van der Waals surface area contributed by atoms with E-state index in [1.807, 2.05) is 0 Å². The molecule has 1 aliphatic heterocycles. The summed E-state index contributed by atoms with van der Waals surface area (Å²) in [5, 5.41) is 8.28. The number of piperidine rings is 1. The second kappa shape index (κ2) is 6.91. The molecular weight excluding hydrogens is 284 g/mol. The number of rotatable bonds is 4. The molecule has 1 saturated heterocycles. The van der Waals surface area contributed by atoms with E-state index in [9.17, 15) is 0 Å². The number of fused-ring (bicyclic) bond motifs is 1. The zero-order valence-corrected chi connectivity index (χ0v) is 13.9. The van der Waals surface area contributed by atoms with Crippen LogP contribution in [0, 0.1) is 5.92 Å². The molecule has 2 aromatic heterocycles. The Balaban J connectivity index is 1.45. The highest BCUT2D eigenvalue weighted by Crippen LogP contribution is 2.36. The van der Waals surface area contributed by atoms with Crippen molar-refractivity contribution in [1.29, 1.82) is 0 Å². The van der Waals surface area contributed by atoms with Crippen molar-refractivity contribution >= 4 is 16.9 Å². The Morgan fingerprint density at radius 3 is 2.70 bits per heavy atom. The molecule has 0 unspecified atom stereocenters. The molecule has 2 fully saturated rings. The van der Waals surface area contributed by atoms with Crippen molar-refractivity contribution in [3.8, 4) is 0 Å². The zero-order chi connectivity index (χ0) is 15.5. The molecule has 0 aromatic carbocycles. The van der Waals surface area contributed by atoms with Gasteiger partial charge in [0.1, 0.15) is 11.5 Å². The van der Waals surface area contributed by atoms with E-state index in [2.05, 4.69) is 33.9 Å². The average molecular weight is 312 g/mol. The van der Waals surface area contributed by atoms with Gasteiger partial charge in [-0.15, -0.1) is 0 Å². The van der Waals surface area contributed by atoms with Crippen molar-refractivity contribution in [2.75, 3.05) is 25.0 Å². The zero-order valence-electron chi connectivity index (χ0n) is 13.9. The van der Waals surface area contributed by atoms with Crippen LogP contribution in [0.5, 0.6) is 0 Å². The number of hydrogen-bond donors (Lipinski definition) is 3. The standard InChI is InChI=1S/C19H28N4/c1-2-4-15(5-3-1)17-13-22-19-16(17)6-7-18(23-19)21-12-14-8-10-20-11-9-14/h6-7,13-15,20H,1-5,8-12H2,(H2,21,22,23). The third-order valence-electron chi connectivity index (χ3n) is 5.65. The molecule has 4 nitrogen and oxygen atoms in total. The Hall–Kier alpha value is -1.55. The Bertz CT molecular complexity index is 636. The molecule has 4 heteroatoms. The fourth-order valence-corrected chi connectivity index (χ4v) is 4.21. The third kappa shape index (κ3) is 3.37. The number of aromatic amines is 1. The fraction of sp³-hybridized carbons (Fsp3) is 0.632. The van der Waals surface area contributed by atoms with Gasteiger partial charge < -0.3 is 15.6 Å². The van der Waals surface area contributed by atoms with Gasteiger partial charge in [-0.1, -0.05) is 19.3 Å². The molecule has 3 N–H and O–H groups in total. The quantitative estimate of drug-likeness (QED) is 0.799. The fourth-order valence-electron chi connectivity index (χ4n) is 4.21. The Morgan fingerprint density at radius 1 is 1.04 bits per heavy atom. The lowest BCUT2D eigenvalue weighted by molar-refractivity contribution is 0.389. The van der Waals surface area contributed by atoms with Crippen molar-refractivity contribution in [3.05, 3.63) is 23.9 Å². The van der Waals surface area contributed by atoms with Crippen molar-refractivity contribution in [2.45, 2.75) is 50.9 Å². The molecule has 124 valence electrons. The van der Waals surface area contributed by atoms with E-state index in [1.54, 1.807) is 0 Å². The highest BCUT2D eigenvalue weighted by molar-refractivity contribution is 5.82. The summed E-state index contributed by atoms with van der Waals surface area (Å²) in [4.78, 5) is 8.20. The van der Waals surface area contributed by atoms with E-state index >= 15 is 0 Å². The molecule has 1 aliphatic carbocycles. The van der Waals surface area contributed by atoms with Crippen LogP contribution in [0.1, 0.15) is 56.4 Å². The predicted octanol–water partition coefficient (Wildman–Crippen LogP) is 4.02. The average Bonchev–Trinajstić information content (AvgIpc) is 3.05. The first kappa shape index (κ1) is 15.0. The molecule has 0 spiro atoms. The van der Waals surface area contributed by atoms with Crippen molar-refractivity contribution in [1.82, 2.24) is 15.3 Å². The lowest BCUT2D eigenvalue weighted by Gasteiger charge is -2.23. The van der Waals surface area contributed by atoms with Crippen molar-refractivity contribution in [2.24, 2.45) is 5.92 Å². The van der Waals surface area contributed by atoms with Crippen LogP contribution in [0.2, 0.25) is 0 Å². The van der Waals surface area contributed by atoms with Crippen LogP contribution in [-0.2, 0) is 0 Å². The van der Waals surface area contributed by atoms with Gasteiger partial charge >= 0.3 is 0 Å². The first-order valence-corrected chi connectivity index (χ1v) is 9.33. The van der Waals surface area contributed by atoms with E-state index < -0.39 is 0 Å². The molecule has 4 rings (SSSR count). The van der Waals surface area contributed by atoms with E-state index in [4.69, 9.17) is 4.98 Å². The summed E-state index contributed by atoms with van der Waals surface area (Å²) in [7, 11) is 0. The van der Waals surface area contributed by atoms with Crippen LogP contribution < -0.4 is 10.6 Å². The van der Waals surface area contributed by atoms with Crippen LogP contribution in [0.4, 0.5) is 5.82 Å². The molecule has 2 aliphatic rings. The lowest BCUT2D eigenvalue weighted by Crippen LogP contribution is -2.31. The number of H-pyrrole nitrogens is 1. The molecule has 3 heterocycles. The van der Waals surface area contributed by atoms with E-state index in [-0.39, 0.29) is 0 Å². The largest absolute Gasteiger partial charge is 0.370 e. The van der Waals surface area contributed by atoms with Crippen LogP contribution in [0.15, 0.2) is 18.3 Å². The van der Waals surface area contributed by atoms with Crippen LogP contribution >= 0.6 is 0 Å². The van der Waals surface area contributed by atoms with E-state index in [0.29, 0.717) is 0 Å². The van der Waals surface area contributed by atoms with Crippen molar-refractivity contribution < 1.29 is 0 Å². The lowest BCUT2D eigenvalue weighted by atomic mass is 9.84. The second-order valence-electron chi connectivity index (χ2n) is 7.25. The number of nitrogens with one attached hydrogen (secondary N) is 3. The number of anilines is 1. The Morgan fingerprint density at radius 2 is 1.87 bits per heavy atom. The second-order valence-corrected chi connectivity index (χ2v) is 7.25. The first-order valence-electron chi connectivity index (χ1n) is 9.33. The summed E-state index contributed by atoms with van der Waals surface area (Å²) in [5.41, 5.74) is 2.53. The number of pyridine rings is 1. The SMILES string of the molecule is c1cc2c(C3CCCCC3)c[nH]c2nc1NCC1CCNCC1. The highest BCUT2D eigenvalue weighted by atomic mass is 15.0. The summed E-state index contributed by atoms with van der Waals surface area (Å²) in [6.45, 7) is 3.34. The smallest absolute Gasteiger partial charge is 0.139 e. The normalized spacial score (nSPS) is 20.9. The maximum Gasteiger partial charge on any atom is 0.139 e. The topological polar surface area (TPSA) is 52.7 Å². The van der Waals surface area contributed by atoms with Gasteiger partial charge in [0, 0.05) is 18.1 Å². The van der Waals surface area contributed by atoms with Gasteiger partial charge in [0.2, 0.25) is 0 Å². The number of nitrogens with zero attached hydrogens (tertiary/aromatic N) is 1. The molecule has 23 heavy (non-hydrogen) atoms. The number of aromatic nitrogens is 2. The molecular formula is C19H28N4. The molecule has 0 amide bonds. The molecule has 0 radical (unpaired) electrons. The van der Waals surface area contributed by atoms with Crippen molar-refractivity contribution in [3.63, 3.8) is 0 Å². The van der Waals surface area contributed by atoms with Gasteiger partial charge in [0.05, 0.1) is 0 Å². The minimum Gasteiger partial charge on any atom is -0.370 e. The molecule has 0 bridgehead atoms. The Labute approximate surface area is 138 Å². The first-order chi connectivity index (χ1) is 11.4. The minimum atomic E-state index is 0.729. The summed E-state index contributed by atoms with van der Waals surface area (Å²) >= 11 is 0. The van der Waals surface area contributed by atoms with Crippen LogP contribution in [0.25, 0.3) is 11.0 Å². The van der Waals surface area contributed by atoms with Gasteiger partial charge in [-0.2, -0.15) is 0 Å². The third-order valence-corrected chi connectivity index (χ3v) is 5.65. The predicted molar refractivity (Wildman–Crippen MR) is 96.0 cm³/mol. The summed E-state index contributed by atoms with van der Waals surface area (Å²) < 4.78 is 0. The molecule has 2 aromatic rings. The minimum absolute atomic E-state index is 0.729. The monoisotopic (exact) mass is 312 g/mol. The summed E-state index contributed by atoms with van der Waals surface area (Å²) in [6.07, 6.45) is 11.6. The maximum atomic E-state index is 4.79. The van der Waals surface area contributed by atoms with Gasteiger partial charge in [-0.25, -0.2) is 4.98 Å². The summed E-state index contributed by atoms with van der Waals surface area (Å²) in [5.74, 6) is 2.51. The van der Waals surface area contributed by atoms with Gasteiger partial charge in [-0.3, -0.25) is 0 Å². The van der Waals surface area contributed by atoms with Crippen LogP contribution in [-0.4, -0.2) is 29.6 Å². The number of hydrogen-bond acceptors (Lipinski definition) is 3. The molecule has 1 saturated carbocycles. The van der Waals surface area contributed by atoms with Crippen LogP contribution in [0.3, 0.4) is 0 Å². The maximum absolute atomic E-state index is 4.79. The summed E-state index contributed by atoms with van der Waals surface area (Å²) in [6, 6.07) is 4.41. The van der Waals surface area contributed by atoms with Gasteiger partial charge in [0.25, 0.3) is 0 Å². The van der Waals surface area contributed by atoms with E-state index in [0.717, 1.165) is 42.9 Å². The van der Waals surface area contributed by atoms with E-state index in [1.165, 1.54) is 55.9 Å². The molecule has 0 atom stereocenters. The van der Waals surface area contributed by atoms with Gasteiger partial charge in [-0.05, 0) is 68.3 Å².